The Morgan fingerprint density at radius 1 is 1.17 bits per heavy atom. The summed E-state index contributed by atoms with van der Waals surface area (Å²) in [7, 11) is 4.06. The van der Waals surface area contributed by atoms with Crippen molar-refractivity contribution < 1.29 is 22.6 Å². The van der Waals surface area contributed by atoms with Crippen LogP contribution in [0.3, 0.4) is 0 Å². The summed E-state index contributed by atoms with van der Waals surface area (Å²) >= 11 is 0. The van der Waals surface area contributed by atoms with E-state index in [1.807, 2.05) is 0 Å². The molecule has 1 aromatic rings. The van der Waals surface area contributed by atoms with Crippen LogP contribution >= 0.6 is 0 Å². The number of hydrogen-bond acceptors (Lipinski definition) is 3. The van der Waals surface area contributed by atoms with Gasteiger partial charge in [-0.1, -0.05) is 0 Å². The van der Waals surface area contributed by atoms with E-state index in [0.717, 1.165) is 0 Å². The van der Waals surface area contributed by atoms with Crippen LogP contribution in [0.5, 0.6) is 11.5 Å². The second kappa shape index (κ2) is 5.48. The molecule has 0 amide bonds. The lowest BCUT2D eigenvalue weighted by Crippen LogP contribution is -2.32. The first-order valence-corrected chi connectivity index (χ1v) is 5.32. The van der Waals surface area contributed by atoms with Crippen LogP contribution in [0.2, 0.25) is 0 Å². The maximum Gasteiger partial charge on any atom is 0.408 e. The minimum atomic E-state index is -4.39. The SMILES string of the molecule is CNC(c1ccc(OC)c(C)c1OC)C(F)(F)F. The third-order valence-corrected chi connectivity index (χ3v) is 2.74. The highest BCUT2D eigenvalue weighted by Gasteiger charge is 2.41. The van der Waals surface area contributed by atoms with E-state index >= 15 is 0 Å². The van der Waals surface area contributed by atoms with Crippen molar-refractivity contribution in [3.63, 3.8) is 0 Å². The van der Waals surface area contributed by atoms with Crippen LogP contribution in [0.25, 0.3) is 0 Å². The Morgan fingerprint density at radius 2 is 1.78 bits per heavy atom. The van der Waals surface area contributed by atoms with E-state index in [4.69, 9.17) is 9.47 Å². The van der Waals surface area contributed by atoms with E-state index in [2.05, 4.69) is 5.32 Å². The molecule has 0 fully saturated rings. The highest BCUT2D eigenvalue weighted by Crippen LogP contribution is 2.40. The molecule has 0 heterocycles. The Morgan fingerprint density at radius 3 is 2.17 bits per heavy atom. The number of alkyl halides is 3. The van der Waals surface area contributed by atoms with Gasteiger partial charge in [-0.15, -0.1) is 0 Å². The molecule has 1 unspecified atom stereocenters. The Labute approximate surface area is 104 Å². The van der Waals surface area contributed by atoms with E-state index in [-0.39, 0.29) is 11.3 Å². The van der Waals surface area contributed by atoms with Crippen LogP contribution in [0.15, 0.2) is 12.1 Å². The van der Waals surface area contributed by atoms with Gasteiger partial charge in [0.1, 0.15) is 17.5 Å². The topological polar surface area (TPSA) is 30.5 Å². The Balaban J connectivity index is 3.36. The van der Waals surface area contributed by atoms with Crippen molar-refractivity contribution in [1.82, 2.24) is 5.32 Å². The first-order valence-electron chi connectivity index (χ1n) is 5.32. The number of methoxy groups -OCH3 is 2. The van der Waals surface area contributed by atoms with E-state index < -0.39 is 12.2 Å². The molecule has 0 aliphatic heterocycles. The molecule has 6 heteroatoms. The maximum atomic E-state index is 12.9. The predicted octanol–water partition coefficient (Wildman–Crippen LogP) is 2.84. The summed E-state index contributed by atoms with van der Waals surface area (Å²) < 4.78 is 48.8. The Hall–Kier alpha value is -1.43. The average Bonchev–Trinajstić information content (AvgIpc) is 2.28. The Bertz CT molecular complexity index is 419. The fourth-order valence-electron chi connectivity index (χ4n) is 1.91. The molecule has 0 radical (unpaired) electrons. The largest absolute Gasteiger partial charge is 0.496 e. The van der Waals surface area contributed by atoms with Crippen molar-refractivity contribution in [2.45, 2.75) is 19.1 Å². The summed E-state index contributed by atoms with van der Waals surface area (Å²) in [5, 5.41) is 2.25. The van der Waals surface area contributed by atoms with Gasteiger partial charge in [0.15, 0.2) is 0 Å². The third-order valence-electron chi connectivity index (χ3n) is 2.74. The quantitative estimate of drug-likeness (QED) is 0.906. The van der Waals surface area contributed by atoms with E-state index in [1.165, 1.54) is 33.4 Å². The maximum absolute atomic E-state index is 12.9. The van der Waals surface area contributed by atoms with Gasteiger partial charge in [0.25, 0.3) is 0 Å². The minimum Gasteiger partial charge on any atom is -0.496 e. The van der Waals surface area contributed by atoms with Crippen LogP contribution in [0, 0.1) is 6.92 Å². The molecule has 0 aromatic heterocycles. The smallest absolute Gasteiger partial charge is 0.408 e. The first kappa shape index (κ1) is 14.6. The number of nitrogens with one attached hydrogen (secondary N) is 1. The number of hydrogen-bond donors (Lipinski definition) is 1. The van der Waals surface area contributed by atoms with Gasteiger partial charge in [-0.05, 0) is 26.1 Å². The number of ether oxygens (including phenoxy) is 2. The van der Waals surface area contributed by atoms with Gasteiger partial charge in [-0.3, -0.25) is 0 Å². The molecule has 0 aliphatic carbocycles. The third kappa shape index (κ3) is 2.69. The summed E-state index contributed by atoms with van der Waals surface area (Å²) in [5.74, 6) is 0.679. The van der Waals surface area contributed by atoms with Crippen molar-refractivity contribution in [1.29, 1.82) is 0 Å². The molecule has 0 aliphatic rings. The van der Waals surface area contributed by atoms with Crippen LogP contribution in [-0.4, -0.2) is 27.4 Å². The molecule has 0 saturated heterocycles. The van der Waals surface area contributed by atoms with E-state index in [0.29, 0.717) is 11.3 Å². The number of rotatable bonds is 4. The van der Waals surface area contributed by atoms with Crippen molar-refractivity contribution in [3.05, 3.63) is 23.3 Å². The first-order chi connectivity index (χ1) is 8.36. The number of halogens is 3. The van der Waals surface area contributed by atoms with Crippen LogP contribution in [0.1, 0.15) is 17.2 Å². The standard InChI is InChI=1S/C12H16F3NO2/c1-7-9(17-3)6-5-8(10(7)18-4)11(16-2)12(13,14)15/h5-6,11,16H,1-4H3. The summed E-state index contributed by atoms with van der Waals surface area (Å²) in [6.45, 7) is 1.66. The fourth-order valence-corrected chi connectivity index (χ4v) is 1.91. The van der Waals surface area contributed by atoms with Gasteiger partial charge in [-0.25, -0.2) is 0 Å². The average molecular weight is 263 g/mol. The molecular weight excluding hydrogens is 247 g/mol. The van der Waals surface area contributed by atoms with Crippen LogP contribution < -0.4 is 14.8 Å². The molecular formula is C12H16F3NO2. The predicted molar refractivity (Wildman–Crippen MR) is 62.1 cm³/mol. The molecule has 1 N–H and O–H groups in total. The molecule has 3 nitrogen and oxygen atoms in total. The van der Waals surface area contributed by atoms with E-state index in [9.17, 15) is 13.2 Å². The van der Waals surface area contributed by atoms with Gasteiger partial charge in [-0.2, -0.15) is 13.2 Å². The highest BCUT2D eigenvalue weighted by atomic mass is 19.4. The molecule has 102 valence electrons. The fraction of sp³-hybridized carbons (Fsp3) is 0.500. The highest BCUT2D eigenvalue weighted by molar-refractivity contribution is 5.50. The second-order valence-electron chi connectivity index (χ2n) is 3.78. The summed E-state index contributed by atoms with van der Waals surface area (Å²) in [4.78, 5) is 0. The van der Waals surface area contributed by atoms with Gasteiger partial charge in [0.05, 0.1) is 14.2 Å². The minimum absolute atomic E-state index is 0.0470. The summed E-state index contributed by atoms with van der Waals surface area (Å²) in [6, 6.07) is 1.10. The monoisotopic (exact) mass is 263 g/mol. The molecule has 0 saturated carbocycles. The van der Waals surface area contributed by atoms with Gasteiger partial charge in [0.2, 0.25) is 0 Å². The lowest BCUT2D eigenvalue weighted by molar-refractivity contribution is -0.156. The summed E-state index contributed by atoms with van der Waals surface area (Å²) in [6.07, 6.45) is -4.39. The molecule has 1 aromatic carbocycles. The van der Waals surface area contributed by atoms with E-state index in [1.54, 1.807) is 6.92 Å². The van der Waals surface area contributed by atoms with Crippen molar-refractivity contribution >= 4 is 0 Å². The molecule has 1 rings (SSSR count). The zero-order chi connectivity index (χ0) is 13.9. The second-order valence-corrected chi connectivity index (χ2v) is 3.78. The van der Waals surface area contributed by atoms with Gasteiger partial charge in [0, 0.05) is 11.1 Å². The van der Waals surface area contributed by atoms with Crippen molar-refractivity contribution in [3.8, 4) is 11.5 Å². The lowest BCUT2D eigenvalue weighted by Gasteiger charge is -2.23. The van der Waals surface area contributed by atoms with Gasteiger partial charge >= 0.3 is 6.18 Å². The molecule has 0 spiro atoms. The zero-order valence-electron chi connectivity index (χ0n) is 10.7. The Kier molecular flexibility index (Phi) is 4.45. The van der Waals surface area contributed by atoms with Gasteiger partial charge < -0.3 is 14.8 Å². The lowest BCUT2D eigenvalue weighted by atomic mass is 10.0. The van der Waals surface area contributed by atoms with Crippen molar-refractivity contribution in [2.75, 3.05) is 21.3 Å². The normalized spacial score (nSPS) is 13.3. The number of benzene rings is 1. The van der Waals surface area contributed by atoms with Crippen LogP contribution in [0.4, 0.5) is 13.2 Å². The van der Waals surface area contributed by atoms with Crippen molar-refractivity contribution in [2.24, 2.45) is 0 Å². The summed E-state index contributed by atoms with van der Waals surface area (Å²) in [5.41, 5.74) is 0.591. The molecule has 18 heavy (non-hydrogen) atoms. The van der Waals surface area contributed by atoms with Crippen LogP contribution in [-0.2, 0) is 0 Å². The molecule has 0 bridgehead atoms. The molecule has 1 atom stereocenters. The zero-order valence-corrected chi connectivity index (χ0v) is 10.7.